The third-order valence-electron chi connectivity index (χ3n) is 5.15. The van der Waals surface area contributed by atoms with E-state index in [4.69, 9.17) is 24.4 Å². The number of aliphatic hydroxyl groups is 2. The quantitative estimate of drug-likeness (QED) is 0.352. The lowest BCUT2D eigenvalue weighted by atomic mass is 10.1. The predicted molar refractivity (Wildman–Crippen MR) is 108 cm³/mol. The SMILES string of the molecule is C1CCC(OC2CCCCO2)OC1.CCCCCCCCCCCC(O)O. The lowest BCUT2D eigenvalue weighted by Gasteiger charge is -2.29. The van der Waals surface area contributed by atoms with E-state index >= 15 is 0 Å². The molecule has 0 radical (unpaired) electrons. The fourth-order valence-corrected chi connectivity index (χ4v) is 3.44. The fourth-order valence-electron chi connectivity index (χ4n) is 3.44. The van der Waals surface area contributed by atoms with E-state index in [2.05, 4.69) is 6.92 Å². The van der Waals surface area contributed by atoms with Crippen molar-refractivity contribution in [3.8, 4) is 0 Å². The summed E-state index contributed by atoms with van der Waals surface area (Å²) in [5.41, 5.74) is 0. The van der Waals surface area contributed by atoms with Crippen molar-refractivity contribution in [1.82, 2.24) is 0 Å². The Morgan fingerprint density at radius 2 is 1.22 bits per heavy atom. The molecular weight excluding hydrogens is 344 g/mol. The van der Waals surface area contributed by atoms with Crippen LogP contribution >= 0.6 is 0 Å². The van der Waals surface area contributed by atoms with E-state index in [1.807, 2.05) is 0 Å². The van der Waals surface area contributed by atoms with Crippen LogP contribution < -0.4 is 0 Å². The molecule has 2 saturated heterocycles. The molecule has 0 aromatic heterocycles. The van der Waals surface area contributed by atoms with E-state index in [0.717, 1.165) is 38.9 Å². The second-order valence-corrected chi connectivity index (χ2v) is 7.83. The van der Waals surface area contributed by atoms with Gasteiger partial charge < -0.3 is 24.4 Å². The molecule has 2 unspecified atom stereocenters. The molecule has 2 aliphatic heterocycles. The molecule has 27 heavy (non-hydrogen) atoms. The van der Waals surface area contributed by atoms with E-state index in [1.54, 1.807) is 0 Å². The topological polar surface area (TPSA) is 68.2 Å². The van der Waals surface area contributed by atoms with E-state index in [9.17, 15) is 0 Å². The van der Waals surface area contributed by atoms with Crippen molar-refractivity contribution in [2.24, 2.45) is 0 Å². The van der Waals surface area contributed by atoms with Crippen molar-refractivity contribution in [1.29, 1.82) is 0 Å². The average molecular weight is 389 g/mol. The molecule has 0 saturated carbocycles. The molecule has 2 atom stereocenters. The van der Waals surface area contributed by atoms with E-state index in [1.165, 1.54) is 70.6 Å². The fraction of sp³-hybridized carbons (Fsp3) is 1.00. The van der Waals surface area contributed by atoms with E-state index in [0.29, 0.717) is 6.42 Å². The summed E-state index contributed by atoms with van der Waals surface area (Å²) in [6, 6.07) is 0. The highest BCUT2D eigenvalue weighted by atomic mass is 16.8. The van der Waals surface area contributed by atoms with Crippen molar-refractivity contribution in [3.63, 3.8) is 0 Å². The van der Waals surface area contributed by atoms with Crippen molar-refractivity contribution in [2.45, 2.75) is 129 Å². The number of unbranched alkanes of at least 4 members (excludes halogenated alkanes) is 8. The lowest BCUT2D eigenvalue weighted by Crippen LogP contribution is -2.31. The van der Waals surface area contributed by atoms with Crippen LogP contribution in [0.3, 0.4) is 0 Å². The molecule has 0 bridgehead atoms. The molecular formula is C22H44O5. The molecule has 2 fully saturated rings. The number of hydrogen-bond donors (Lipinski definition) is 2. The van der Waals surface area contributed by atoms with Gasteiger partial charge in [-0.05, 0) is 51.4 Å². The zero-order valence-electron chi connectivity index (χ0n) is 17.6. The first-order valence-corrected chi connectivity index (χ1v) is 11.5. The summed E-state index contributed by atoms with van der Waals surface area (Å²) in [5, 5.41) is 17.2. The normalized spacial score (nSPS) is 23.1. The van der Waals surface area contributed by atoms with Crippen LogP contribution in [0.25, 0.3) is 0 Å². The van der Waals surface area contributed by atoms with Gasteiger partial charge in [0.15, 0.2) is 18.9 Å². The molecule has 2 rings (SSSR count). The zero-order valence-corrected chi connectivity index (χ0v) is 17.6. The molecule has 0 amide bonds. The zero-order chi connectivity index (χ0) is 19.6. The molecule has 2 heterocycles. The summed E-state index contributed by atoms with van der Waals surface area (Å²) < 4.78 is 16.6. The van der Waals surface area contributed by atoms with Crippen molar-refractivity contribution < 1.29 is 24.4 Å². The Morgan fingerprint density at radius 1 is 0.741 bits per heavy atom. The van der Waals surface area contributed by atoms with Gasteiger partial charge in [-0.15, -0.1) is 0 Å². The van der Waals surface area contributed by atoms with Crippen molar-refractivity contribution in [2.75, 3.05) is 13.2 Å². The van der Waals surface area contributed by atoms with Crippen LogP contribution in [0, 0.1) is 0 Å². The largest absolute Gasteiger partial charge is 0.368 e. The Hall–Kier alpha value is -0.200. The van der Waals surface area contributed by atoms with Crippen LogP contribution in [0.5, 0.6) is 0 Å². The number of aliphatic hydroxyl groups excluding tert-OH is 1. The second kappa shape index (κ2) is 17.9. The second-order valence-electron chi connectivity index (χ2n) is 7.83. The van der Waals surface area contributed by atoms with Gasteiger partial charge in [0, 0.05) is 13.2 Å². The summed E-state index contributed by atoms with van der Waals surface area (Å²) in [6.45, 7) is 3.93. The molecule has 162 valence electrons. The van der Waals surface area contributed by atoms with Crippen LogP contribution in [-0.4, -0.2) is 42.3 Å². The third-order valence-corrected chi connectivity index (χ3v) is 5.15. The predicted octanol–water partition coefficient (Wildman–Crippen LogP) is 5.27. The maximum atomic E-state index is 8.61. The molecule has 5 nitrogen and oxygen atoms in total. The third kappa shape index (κ3) is 15.4. The first kappa shape index (κ1) is 24.8. The van der Waals surface area contributed by atoms with Crippen LogP contribution in [0.4, 0.5) is 0 Å². The van der Waals surface area contributed by atoms with Crippen molar-refractivity contribution >= 4 is 0 Å². The summed E-state index contributed by atoms with van der Waals surface area (Å²) in [6.07, 6.45) is 17.7. The van der Waals surface area contributed by atoms with Gasteiger partial charge in [0.25, 0.3) is 0 Å². The molecule has 5 heteroatoms. The summed E-state index contributed by atoms with van der Waals surface area (Å²) in [7, 11) is 0. The van der Waals surface area contributed by atoms with Gasteiger partial charge in [0.2, 0.25) is 0 Å². The highest BCUT2D eigenvalue weighted by Gasteiger charge is 2.21. The maximum Gasteiger partial charge on any atom is 0.160 e. The van der Waals surface area contributed by atoms with Crippen molar-refractivity contribution in [3.05, 3.63) is 0 Å². The number of rotatable bonds is 12. The van der Waals surface area contributed by atoms with Gasteiger partial charge in [-0.1, -0.05) is 58.3 Å². The van der Waals surface area contributed by atoms with Gasteiger partial charge in [-0.25, -0.2) is 0 Å². The Labute approximate surface area is 166 Å². The highest BCUT2D eigenvalue weighted by molar-refractivity contribution is 4.59. The Balaban J connectivity index is 0.000000270. The van der Waals surface area contributed by atoms with E-state index in [-0.39, 0.29) is 12.6 Å². The molecule has 0 aromatic carbocycles. The standard InChI is InChI=1S/C12H26O2.C10H18O3/c1-2-3-4-5-6-7-8-9-10-11-12(13)14;1-3-7-11-9(5-1)13-10-6-2-4-8-12-10/h12-14H,2-11H2,1H3;9-10H,1-8H2. The van der Waals surface area contributed by atoms with E-state index < -0.39 is 6.29 Å². The molecule has 2 N–H and O–H groups in total. The van der Waals surface area contributed by atoms with Crippen LogP contribution in [0.15, 0.2) is 0 Å². The Morgan fingerprint density at radius 3 is 1.63 bits per heavy atom. The Bertz CT molecular complexity index is 283. The molecule has 0 aromatic rings. The van der Waals surface area contributed by atoms with Crippen LogP contribution in [0.1, 0.15) is 110 Å². The monoisotopic (exact) mass is 388 g/mol. The lowest BCUT2D eigenvalue weighted by molar-refractivity contribution is -0.264. The summed E-state index contributed by atoms with van der Waals surface area (Å²) in [5.74, 6) is 0. The average Bonchev–Trinajstić information content (AvgIpc) is 2.69. The van der Waals surface area contributed by atoms with Crippen LogP contribution in [0.2, 0.25) is 0 Å². The minimum absolute atomic E-state index is 0.00292. The minimum atomic E-state index is -1.10. The van der Waals surface area contributed by atoms with Gasteiger partial charge in [-0.2, -0.15) is 0 Å². The first-order valence-electron chi connectivity index (χ1n) is 11.5. The van der Waals surface area contributed by atoms with Gasteiger partial charge in [-0.3, -0.25) is 0 Å². The molecule has 0 spiro atoms. The minimum Gasteiger partial charge on any atom is -0.368 e. The maximum absolute atomic E-state index is 8.61. The van der Waals surface area contributed by atoms with Gasteiger partial charge in [0.1, 0.15) is 0 Å². The van der Waals surface area contributed by atoms with Gasteiger partial charge >= 0.3 is 0 Å². The molecule has 2 aliphatic rings. The number of ether oxygens (including phenoxy) is 3. The highest BCUT2D eigenvalue weighted by Crippen LogP contribution is 2.20. The number of hydrogen-bond acceptors (Lipinski definition) is 5. The summed E-state index contributed by atoms with van der Waals surface area (Å²) in [4.78, 5) is 0. The Kier molecular flexibility index (Phi) is 16.4. The van der Waals surface area contributed by atoms with Crippen LogP contribution in [-0.2, 0) is 14.2 Å². The van der Waals surface area contributed by atoms with Gasteiger partial charge in [0.05, 0.1) is 0 Å². The first-order chi connectivity index (χ1) is 13.2. The summed E-state index contributed by atoms with van der Waals surface area (Å²) >= 11 is 0. The smallest absolute Gasteiger partial charge is 0.160 e. The molecule has 0 aliphatic carbocycles.